The molecule has 1 heterocycles. The summed E-state index contributed by atoms with van der Waals surface area (Å²) in [4.78, 5) is 2.47. The van der Waals surface area contributed by atoms with Crippen molar-refractivity contribution in [2.45, 2.75) is 25.8 Å². The first kappa shape index (κ1) is 13.4. The molecule has 1 aliphatic heterocycles. The van der Waals surface area contributed by atoms with Gasteiger partial charge >= 0.3 is 0 Å². The van der Waals surface area contributed by atoms with Gasteiger partial charge in [0.15, 0.2) is 0 Å². The van der Waals surface area contributed by atoms with E-state index in [4.69, 9.17) is 0 Å². The molecule has 2 rings (SSSR count). The van der Waals surface area contributed by atoms with Gasteiger partial charge in [-0.15, -0.1) is 0 Å². The predicted octanol–water partition coefficient (Wildman–Crippen LogP) is 1.81. The average Bonchev–Trinajstić information content (AvgIpc) is 2.39. The molecule has 1 aromatic carbocycles. The zero-order valence-corrected chi connectivity index (χ0v) is 11.7. The molecular formula is C15H25N3. The Balaban J connectivity index is 2.02. The van der Waals surface area contributed by atoms with Crippen LogP contribution in [0.25, 0.3) is 0 Å². The molecule has 3 heteroatoms. The third-order valence-electron chi connectivity index (χ3n) is 3.63. The molecule has 0 bridgehead atoms. The van der Waals surface area contributed by atoms with Crippen LogP contribution in [0.1, 0.15) is 25.3 Å². The number of rotatable bonds is 4. The van der Waals surface area contributed by atoms with E-state index in [1.165, 1.54) is 11.3 Å². The van der Waals surface area contributed by atoms with Gasteiger partial charge in [0.2, 0.25) is 0 Å². The minimum absolute atomic E-state index is 0.550. The van der Waals surface area contributed by atoms with Gasteiger partial charge < -0.3 is 15.5 Å². The van der Waals surface area contributed by atoms with Gasteiger partial charge in [-0.2, -0.15) is 0 Å². The van der Waals surface area contributed by atoms with E-state index in [9.17, 15) is 0 Å². The first-order valence-electron chi connectivity index (χ1n) is 6.93. The standard InChI is InChI=1S/C15H25N3/c1-12(2)13-4-6-15(7-5-13)18-9-8-17-14(11-18)10-16-3/h4-7,12,14,16-17H,8-11H2,1-3H3. The molecule has 0 radical (unpaired) electrons. The normalized spacial score (nSPS) is 20.4. The van der Waals surface area contributed by atoms with E-state index in [0.717, 1.165) is 26.2 Å². The Morgan fingerprint density at radius 2 is 2.06 bits per heavy atom. The fourth-order valence-corrected chi connectivity index (χ4v) is 2.51. The second-order valence-electron chi connectivity index (χ2n) is 5.40. The van der Waals surface area contributed by atoms with Crippen molar-refractivity contribution in [1.29, 1.82) is 0 Å². The van der Waals surface area contributed by atoms with Crippen LogP contribution in [-0.2, 0) is 0 Å². The maximum atomic E-state index is 3.55. The van der Waals surface area contributed by atoms with Crippen molar-refractivity contribution in [3.63, 3.8) is 0 Å². The van der Waals surface area contributed by atoms with Crippen LogP contribution in [0.3, 0.4) is 0 Å². The molecule has 3 nitrogen and oxygen atoms in total. The maximum absolute atomic E-state index is 3.55. The topological polar surface area (TPSA) is 27.3 Å². The van der Waals surface area contributed by atoms with Crippen LogP contribution in [0.2, 0.25) is 0 Å². The van der Waals surface area contributed by atoms with Crippen LogP contribution >= 0.6 is 0 Å². The molecule has 1 unspecified atom stereocenters. The Morgan fingerprint density at radius 3 is 2.67 bits per heavy atom. The first-order valence-corrected chi connectivity index (χ1v) is 6.93. The Hall–Kier alpha value is -1.06. The van der Waals surface area contributed by atoms with Crippen molar-refractivity contribution < 1.29 is 0 Å². The van der Waals surface area contributed by atoms with Gasteiger partial charge in [-0.1, -0.05) is 26.0 Å². The molecule has 100 valence electrons. The highest BCUT2D eigenvalue weighted by Crippen LogP contribution is 2.20. The highest BCUT2D eigenvalue weighted by Gasteiger charge is 2.18. The monoisotopic (exact) mass is 247 g/mol. The summed E-state index contributed by atoms with van der Waals surface area (Å²) in [5, 5.41) is 6.79. The zero-order chi connectivity index (χ0) is 13.0. The van der Waals surface area contributed by atoms with E-state index in [1.54, 1.807) is 0 Å². The van der Waals surface area contributed by atoms with Crippen LogP contribution < -0.4 is 15.5 Å². The van der Waals surface area contributed by atoms with Crippen molar-refractivity contribution in [3.8, 4) is 0 Å². The number of benzene rings is 1. The summed E-state index contributed by atoms with van der Waals surface area (Å²) in [6, 6.07) is 9.59. The van der Waals surface area contributed by atoms with Crippen molar-refractivity contribution >= 4 is 5.69 Å². The van der Waals surface area contributed by atoms with Crippen molar-refractivity contribution in [1.82, 2.24) is 10.6 Å². The molecule has 0 aromatic heterocycles. The number of anilines is 1. The number of piperazine rings is 1. The summed E-state index contributed by atoms with van der Waals surface area (Å²) < 4.78 is 0. The fourth-order valence-electron chi connectivity index (χ4n) is 2.51. The summed E-state index contributed by atoms with van der Waals surface area (Å²) in [7, 11) is 2.01. The lowest BCUT2D eigenvalue weighted by molar-refractivity contribution is 0.443. The molecule has 1 fully saturated rings. The van der Waals surface area contributed by atoms with Gasteiger partial charge in [0.05, 0.1) is 0 Å². The summed E-state index contributed by atoms with van der Waals surface area (Å²) in [6.45, 7) is 8.76. The van der Waals surface area contributed by atoms with Gasteiger partial charge in [0, 0.05) is 37.9 Å². The van der Waals surface area contributed by atoms with Crippen molar-refractivity contribution in [3.05, 3.63) is 29.8 Å². The average molecular weight is 247 g/mol. The summed E-state index contributed by atoms with van der Waals surface area (Å²) in [5.41, 5.74) is 2.77. The van der Waals surface area contributed by atoms with Gasteiger partial charge in [-0.3, -0.25) is 0 Å². The highest BCUT2D eigenvalue weighted by molar-refractivity contribution is 5.48. The molecule has 2 N–H and O–H groups in total. The summed E-state index contributed by atoms with van der Waals surface area (Å²) in [6.07, 6.45) is 0. The van der Waals surface area contributed by atoms with Crippen LogP contribution in [0.15, 0.2) is 24.3 Å². The maximum Gasteiger partial charge on any atom is 0.0369 e. The zero-order valence-electron chi connectivity index (χ0n) is 11.7. The van der Waals surface area contributed by atoms with E-state index in [0.29, 0.717) is 12.0 Å². The second kappa shape index (κ2) is 6.21. The summed E-state index contributed by atoms with van der Waals surface area (Å²) >= 11 is 0. The number of hydrogen-bond acceptors (Lipinski definition) is 3. The van der Waals surface area contributed by atoms with Gasteiger partial charge in [0.25, 0.3) is 0 Å². The Morgan fingerprint density at radius 1 is 1.33 bits per heavy atom. The van der Waals surface area contributed by atoms with Crippen LogP contribution in [0.4, 0.5) is 5.69 Å². The lowest BCUT2D eigenvalue weighted by atomic mass is 10.0. The quantitative estimate of drug-likeness (QED) is 0.849. The Labute approximate surface area is 111 Å². The van der Waals surface area contributed by atoms with Crippen LogP contribution in [-0.4, -0.2) is 39.3 Å². The van der Waals surface area contributed by atoms with Gasteiger partial charge in [0.1, 0.15) is 0 Å². The van der Waals surface area contributed by atoms with Crippen LogP contribution in [0, 0.1) is 0 Å². The van der Waals surface area contributed by atoms with Crippen molar-refractivity contribution in [2.75, 3.05) is 38.1 Å². The molecule has 1 atom stereocenters. The Bertz CT molecular complexity index is 357. The van der Waals surface area contributed by atoms with E-state index >= 15 is 0 Å². The number of nitrogens with zero attached hydrogens (tertiary/aromatic N) is 1. The molecule has 0 amide bonds. The molecule has 18 heavy (non-hydrogen) atoms. The molecule has 1 aromatic rings. The van der Waals surface area contributed by atoms with E-state index in [-0.39, 0.29) is 0 Å². The van der Waals surface area contributed by atoms with Crippen molar-refractivity contribution in [2.24, 2.45) is 0 Å². The lowest BCUT2D eigenvalue weighted by Crippen LogP contribution is -2.54. The molecule has 0 spiro atoms. The van der Waals surface area contributed by atoms with Gasteiger partial charge in [-0.05, 0) is 30.7 Å². The van der Waals surface area contributed by atoms with E-state index in [1.807, 2.05) is 7.05 Å². The highest BCUT2D eigenvalue weighted by atomic mass is 15.2. The smallest absolute Gasteiger partial charge is 0.0369 e. The third kappa shape index (κ3) is 3.24. The Kier molecular flexibility index (Phi) is 4.61. The predicted molar refractivity (Wildman–Crippen MR) is 78.5 cm³/mol. The molecular weight excluding hydrogens is 222 g/mol. The van der Waals surface area contributed by atoms with E-state index in [2.05, 4.69) is 53.6 Å². The fraction of sp³-hybridized carbons (Fsp3) is 0.600. The summed E-state index contributed by atoms with van der Waals surface area (Å²) in [5.74, 6) is 0.610. The lowest BCUT2D eigenvalue weighted by Gasteiger charge is -2.35. The molecule has 0 aliphatic carbocycles. The molecule has 0 saturated carbocycles. The number of hydrogen-bond donors (Lipinski definition) is 2. The minimum atomic E-state index is 0.550. The number of nitrogens with one attached hydrogen (secondary N) is 2. The second-order valence-corrected chi connectivity index (χ2v) is 5.40. The SMILES string of the molecule is CNCC1CN(c2ccc(C(C)C)cc2)CCN1. The molecule has 1 saturated heterocycles. The molecule has 1 aliphatic rings. The third-order valence-corrected chi connectivity index (χ3v) is 3.63. The van der Waals surface area contributed by atoms with E-state index < -0.39 is 0 Å². The van der Waals surface area contributed by atoms with Gasteiger partial charge in [-0.25, -0.2) is 0 Å². The first-order chi connectivity index (χ1) is 8.70. The largest absolute Gasteiger partial charge is 0.369 e. The number of likely N-dealkylation sites (N-methyl/N-ethyl adjacent to an activating group) is 1. The minimum Gasteiger partial charge on any atom is -0.369 e. The van der Waals surface area contributed by atoms with Crippen LogP contribution in [0.5, 0.6) is 0 Å².